The zero-order valence-electron chi connectivity index (χ0n) is 18.3. The minimum Gasteiger partial charge on any atom is -0.379 e. The predicted molar refractivity (Wildman–Crippen MR) is 128 cm³/mol. The third-order valence-electron chi connectivity index (χ3n) is 6.00. The molecule has 1 aromatic heterocycles. The largest absolute Gasteiger partial charge is 0.379 e. The molecule has 2 atom stereocenters. The van der Waals surface area contributed by atoms with E-state index in [0.29, 0.717) is 24.1 Å². The van der Waals surface area contributed by atoms with Crippen LogP contribution in [0.1, 0.15) is 23.6 Å². The molecule has 0 bridgehead atoms. The van der Waals surface area contributed by atoms with Gasteiger partial charge in [0.25, 0.3) is 0 Å². The fourth-order valence-electron chi connectivity index (χ4n) is 4.22. The van der Waals surface area contributed by atoms with Gasteiger partial charge in [0.1, 0.15) is 11.5 Å². The monoisotopic (exact) mass is 414 g/mol. The fourth-order valence-corrected chi connectivity index (χ4v) is 4.22. The smallest absolute Gasteiger partial charge is 0.127 e. The maximum Gasteiger partial charge on any atom is 0.127 e. The van der Waals surface area contributed by atoms with E-state index in [-0.39, 0.29) is 0 Å². The summed E-state index contributed by atoms with van der Waals surface area (Å²) in [7, 11) is 0. The molecule has 1 fully saturated rings. The molecule has 2 unspecified atom stereocenters. The van der Waals surface area contributed by atoms with E-state index in [1.165, 1.54) is 5.56 Å². The van der Waals surface area contributed by atoms with Crippen molar-refractivity contribution in [2.45, 2.75) is 20.4 Å². The van der Waals surface area contributed by atoms with Crippen molar-refractivity contribution in [1.29, 1.82) is 0 Å². The van der Waals surface area contributed by atoms with Gasteiger partial charge in [-0.25, -0.2) is 4.99 Å². The normalized spacial score (nSPS) is 21.3. The van der Waals surface area contributed by atoms with Gasteiger partial charge in [0.05, 0.1) is 12.2 Å². The summed E-state index contributed by atoms with van der Waals surface area (Å²) in [6.07, 6.45) is 3.61. The van der Waals surface area contributed by atoms with Crippen LogP contribution in [0.15, 0.2) is 77.7 Å². The highest BCUT2D eigenvalue weighted by Gasteiger charge is 2.34. The number of rotatable bonds is 7. The van der Waals surface area contributed by atoms with Gasteiger partial charge in [-0.05, 0) is 30.0 Å². The molecule has 2 aliphatic rings. The summed E-state index contributed by atoms with van der Waals surface area (Å²) in [5.41, 5.74) is 9.01. The number of nitrogens with one attached hydrogen (secondary N) is 2. The molecule has 0 saturated carbocycles. The second-order valence-corrected chi connectivity index (χ2v) is 8.40. The standard InChI is InChI=1S/C25H30N6/c1-17-12-26-11-10-22(17)19(3)27-13-24-20(4)28-25(30-29-24)23-16-31(14-18(23)2)15-21-8-6-5-7-9-21/h5-12,18,23,27H,3-4,13-16H2,1-2H3,(H,28,30). The van der Waals surface area contributed by atoms with Crippen LogP contribution >= 0.6 is 0 Å². The maximum absolute atomic E-state index is 4.78. The van der Waals surface area contributed by atoms with Crippen LogP contribution in [-0.2, 0) is 6.54 Å². The van der Waals surface area contributed by atoms with Crippen LogP contribution in [0.3, 0.4) is 0 Å². The Kier molecular flexibility index (Phi) is 6.28. The maximum atomic E-state index is 4.78. The van der Waals surface area contributed by atoms with E-state index in [2.05, 4.69) is 76.1 Å². The second kappa shape index (κ2) is 9.27. The summed E-state index contributed by atoms with van der Waals surface area (Å²) in [6.45, 7) is 16.1. The molecule has 31 heavy (non-hydrogen) atoms. The van der Waals surface area contributed by atoms with Gasteiger partial charge in [0.2, 0.25) is 0 Å². The Morgan fingerprint density at radius 1 is 1.23 bits per heavy atom. The number of amidine groups is 1. The number of nitrogens with zero attached hydrogens (tertiary/aromatic N) is 4. The van der Waals surface area contributed by atoms with Crippen molar-refractivity contribution >= 4 is 17.2 Å². The summed E-state index contributed by atoms with van der Waals surface area (Å²) in [5, 5.41) is 7.91. The van der Waals surface area contributed by atoms with E-state index < -0.39 is 0 Å². The molecular weight excluding hydrogens is 384 g/mol. The molecule has 2 N–H and O–H groups in total. The Hall–Kier alpha value is -3.25. The molecule has 6 nitrogen and oxygen atoms in total. The average molecular weight is 415 g/mol. The van der Waals surface area contributed by atoms with Crippen molar-refractivity contribution in [1.82, 2.24) is 20.6 Å². The molecule has 1 saturated heterocycles. The molecule has 0 radical (unpaired) electrons. The van der Waals surface area contributed by atoms with Crippen molar-refractivity contribution in [3.8, 4) is 0 Å². The van der Waals surface area contributed by atoms with Gasteiger partial charge in [-0.15, -0.1) is 0 Å². The lowest BCUT2D eigenvalue weighted by molar-refractivity contribution is 0.318. The molecule has 0 amide bonds. The summed E-state index contributed by atoms with van der Waals surface area (Å²) >= 11 is 0. The first-order chi connectivity index (χ1) is 15.0. The van der Waals surface area contributed by atoms with Crippen molar-refractivity contribution in [3.63, 3.8) is 0 Å². The summed E-state index contributed by atoms with van der Waals surface area (Å²) < 4.78 is 0. The summed E-state index contributed by atoms with van der Waals surface area (Å²) in [4.78, 5) is 11.4. The summed E-state index contributed by atoms with van der Waals surface area (Å²) in [5.74, 6) is 1.75. The van der Waals surface area contributed by atoms with Gasteiger partial charge in [-0.1, -0.05) is 50.4 Å². The van der Waals surface area contributed by atoms with E-state index >= 15 is 0 Å². The number of likely N-dealkylation sites (tertiary alicyclic amines) is 1. The Morgan fingerprint density at radius 2 is 2.03 bits per heavy atom. The zero-order chi connectivity index (χ0) is 21.8. The molecule has 0 aliphatic carbocycles. The van der Waals surface area contributed by atoms with Crippen LogP contribution in [0.4, 0.5) is 0 Å². The zero-order valence-corrected chi connectivity index (χ0v) is 18.3. The average Bonchev–Trinajstić information content (AvgIpc) is 3.13. The minimum atomic E-state index is 0.327. The highest BCUT2D eigenvalue weighted by Crippen LogP contribution is 2.26. The number of hydrogen-bond acceptors (Lipinski definition) is 6. The third-order valence-corrected chi connectivity index (χ3v) is 6.00. The van der Waals surface area contributed by atoms with Crippen molar-refractivity contribution < 1.29 is 0 Å². The molecule has 4 rings (SSSR count). The van der Waals surface area contributed by atoms with Crippen molar-refractivity contribution in [3.05, 3.63) is 84.3 Å². The summed E-state index contributed by atoms with van der Waals surface area (Å²) in [6, 6.07) is 12.6. The van der Waals surface area contributed by atoms with Gasteiger partial charge in [0.15, 0.2) is 0 Å². The number of hydrazone groups is 1. The number of aromatic nitrogens is 1. The first-order valence-corrected chi connectivity index (χ1v) is 10.7. The number of aliphatic imine (C=N–C) groups is 1. The highest BCUT2D eigenvalue weighted by molar-refractivity contribution is 6.06. The molecule has 3 heterocycles. The van der Waals surface area contributed by atoms with Gasteiger partial charge in [0, 0.05) is 49.2 Å². The van der Waals surface area contributed by atoms with Gasteiger partial charge < -0.3 is 5.32 Å². The van der Waals surface area contributed by atoms with Crippen LogP contribution in [0.5, 0.6) is 0 Å². The quantitative estimate of drug-likeness (QED) is 0.727. The van der Waals surface area contributed by atoms with Crippen LogP contribution in [0, 0.1) is 18.8 Å². The minimum absolute atomic E-state index is 0.327. The Labute approximate surface area is 184 Å². The molecule has 1 aromatic carbocycles. The van der Waals surface area contributed by atoms with E-state index in [4.69, 9.17) is 4.99 Å². The lowest BCUT2D eigenvalue weighted by atomic mass is 9.97. The first-order valence-electron chi connectivity index (χ1n) is 10.7. The Morgan fingerprint density at radius 3 is 2.77 bits per heavy atom. The number of aryl methyl sites for hydroxylation is 1. The van der Waals surface area contributed by atoms with Gasteiger partial charge >= 0.3 is 0 Å². The number of pyridine rings is 1. The molecular formula is C25H30N6. The highest BCUT2D eigenvalue weighted by atomic mass is 15.4. The van der Waals surface area contributed by atoms with Crippen LogP contribution in [0.25, 0.3) is 5.70 Å². The Balaban J connectivity index is 1.33. The lowest BCUT2D eigenvalue weighted by Crippen LogP contribution is -2.37. The van der Waals surface area contributed by atoms with Crippen LogP contribution in [0.2, 0.25) is 0 Å². The molecule has 0 spiro atoms. The van der Waals surface area contributed by atoms with E-state index in [1.807, 2.05) is 19.2 Å². The van der Waals surface area contributed by atoms with Crippen LogP contribution < -0.4 is 10.7 Å². The fraction of sp³-hybridized carbons (Fsp3) is 0.320. The van der Waals surface area contributed by atoms with Gasteiger partial charge in [-0.3, -0.25) is 15.3 Å². The van der Waals surface area contributed by atoms with Gasteiger partial charge in [-0.2, -0.15) is 5.10 Å². The molecule has 2 aromatic rings. The van der Waals surface area contributed by atoms with E-state index in [1.54, 1.807) is 6.20 Å². The van der Waals surface area contributed by atoms with E-state index in [9.17, 15) is 0 Å². The van der Waals surface area contributed by atoms with E-state index in [0.717, 1.165) is 48.0 Å². The SMILES string of the molecule is C=C1N=C(C2CN(Cc3ccccc3)CC2C)NN=C1CNC(=C)c1ccncc1C. The third kappa shape index (κ3) is 4.91. The van der Waals surface area contributed by atoms with Crippen molar-refractivity contribution in [2.75, 3.05) is 19.6 Å². The molecule has 160 valence electrons. The Bertz CT molecular complexity index is 1020. The molecule has 6 heteroatoms. The first kappa shape index (κ1) is 21.0. The predicted octanol–water partition coefficient (Wildman–Crippen LogP) is 3.59. The second-order valence-electron chi connectivity index (χ2n) is 8.40. The topological polar surface area (TPSA) is 64.9 Å². The van der Waals surface area contributed by atoms with Crippen LogP contribution in [-0.4, -0.2) is 41.1 Å². The van der Waals surface area contributed by atoms with Crippen molar-refractivity contribution in [2.24, 2.45) is 21.9 Å². The molecule has 2 aliphatic heterocycles. The number of benzene rings is 1. The lowest BCUT2D eigenvalue weighted by Gasteiger charge is -2.22. The number of hydrogen-bond donors (Lipinski definition) is 2.